The van der Waals surface area contributed by atoms with Crippen LogP contribution in [0.2, 0.25) is 0 Å². The number of hydrogen-bond acceptors (Lipinski definition) is 11. The predicted molar refractivity (Wildman–Crippen MR) is 209 cm³/mol. The van der Waals surface area contributed by atoms with Crippen LogP contribution in [-0.4, -0.2) is 71.3 Å². The van der Waals surface area contributed by atoms with Gasteiger partial charge in [0.05, 0.1) is 19.1 Å². The number of anilines is 4. The van der Waals surface area contributed by atoms with Gasteiger partial charge >= 0.3 is 0 Å². The SMILES string of the molecule is CCCCCCCCNc1nc(NCCCCCCNS(=O)(=O)c2cccc3c(N(C)C)cccc23)nc(NCc2cccc(OC)c2OC)n1. The Hall–Kier alpha value is -4.36. The normalized spacial score (nSPS) is 11.4. The number of methoxy groups -OCH3 is 2. The van der Waals surface area contributed by atoms with Gasteiger partial charge in [0.15, 0.2) is 11.5 Å². The highest BCUT2D eigenvalue weighted by atomic mass is 32.2. The Morgan fingerprint density at radius 1 is 0.647 bits per heavy atom. The number of nitrogens with one attached hydrogen (secondary N) is 4. The minimum atomic E-state index is -3.64. The smallest absolute Gasteiger partial charge is 0.241 e. The average molecular weight is 721 g/mol. The Kier molecular flexibility index (Phi) is 15.8. The molecule has 4 rings (SSSR count). The number of ether oxygens (including phenoxy) is 2. The molecule has 0 atom stereocenters. The summed E-state index contributed by atoms with van der Waals surface area (Å²) in [5, 5.41) is 11.7. The third kappa shape index (κ3) is 11.9. The molecule has 4 N–H and O–H groups in total. The summed E-state index contributed by atoms with van der Waals surface area (Å²) in [7, 11) is 3.52. The average Bonchev–Trinajstić information content (AvgIpc) is 3.13. The zero-order valence-electron chi connectivity index (χ0n) is 30.9. The third-order valence-corrected chi connectivity index (χ3v) is 10.2. The predicted octanol–water partition coefficient (Wildman–Crippen LogP) is 7.44. The highest BCUT2D eigenvalue weighted by Crippen LogP contribution is 2.32. The van der Waals surface area contributed by atoms with E-state index in [-0.39, 0.29) is 0 Å². The summed E-state index contributed by atoms with van der Waals surface area (Å²) in [5.41, 5.74) is 1.91. The highest BCUT2D eigenvalue weighted by molar-refractivity contribution is 7.89. The molecule has 0 spiro atoms. The lowest BCUT2D eigenvalue weighted by molar-refractivity contribution is 0.352. The molecule has 1 aromatic heterocycles. The fourth-order valence-corrected chi connectivity index (χ4v) is 7.26. The lowest BCUT2D eigenvalue weighted by Gasteiger charge is -2.17. The molecule has 278 valence electrons. The number of rotatable bonds is 24. The van der Waals surface area contributed by atoms with E-state index >= 15 is 0 Å². The van der Waals surface area contributed by atoms with Gasteiger partial charge in [0.2, 0.25) is 27.9 Å². The molecule has 0 aliphatic carbocycles. The van der Waals surface area contributed by atoms with E-state index in [9.17, 15) is 8.42 Å². The highest BCUT2D eigenvalue weighted by Gasteiger charge is 2.18. The van der Waals surface area contributed by atoms with Crippen molar-refractivity contribution in [2.45, 2.75) is 82.6 Å². The largest absolute Gasteiger partial charge is 0.493 e. The van der Waals surface area contributed by atoms with Crippen molar-refractivity contribution in [2.75, 3.05) is 68.8 Å². The van der Waals surface area contributed by atoms with Crippen LogP contribution in [0.4, 0.5) is 23.5 Å². The molecule has 0 unspecified atom stereocenters. The number of fused-ring (bicyclic) bond motifs is 1. The van der Waals surface area contributed by atoms with Crippen LogP contribution in [0.25, 0.3) is 10.8 Å². The summed E-state index contributed by atoms with van der Waals surface area (Å²) < 4.78 is 40.3. The van der Waals surface area contributed by atoms with Crippen molar-refractivity contribution in [3.63, 3.8) is 0 Å². The first kappa shape index (κ1) is 39.4. The Morgan fingerprint density at radius 2 is 1.22 bits per heavy atom. The number of hydrogen-bond donors (Lipinski definition) is 4. The number of benzene rings is 3. The summed E-state index contributed by atoms with van der Waals surface area (Å²) in [5.74, 6) is 2.81. The van der Waals surface area contributed by atoms with E-state index in [0.717, 1.165) is 60.7 Å². The molecule has 13 heteroatoms. The van der Waals surface area contributed by atoms with Gasteiger partial charge in [-0.05, 0) is 37.5 Å². The van der Waals surface area contributed by atoms with Gasteiger partial charge in [0, 0.05) is 62.3 Å². The third-order valence-electron chi connectivity index (χ3n) is 8.68. The topological polar surface area (TPSA) is 143 Å². The van der Waals surface area contributed by atoms with Crippen molar-refractivity contribution < 1.29 is 17.9 Å². The molecular formula is C38H56N8O4S. The summed E-state index contributed by atoms with van der Waals surface area (Å²) in [6.07, 6.45) is 10.7. The van der Waals surface area contributed by atoms with E-state index in [2.05, 4.69) is 42.5 Å². The van der Waals surface area contributed by atoms with E-state index in [0.29, 0.717) is 53.9 Å². The summed E-state index contributed by atoms with van der Waals surface area (Å²) in [6, 6.07) is 16.9. The van der Waals surface area contributed by atoms with Crippen LogP contribution < -0.4 is 35.0 Å². The Bertz CT molecular complexity index is 1770. The fourth-order valence-electron chi connectivity index (χ4n) is 5.96. The molecule has 0 bridgehead atoms. The molecule has 0 aliphatic rings. The van der Waals surface area contributed by atoms with Gasteiger partial charge in [-0.1, -0.05) is 88.3 Å². The van der Waals surface area contributed by atoms with Crippen molar-refractivity contribution in [3.05, 3.63) is 60.2 Å². The second kappa shape index (κ2) is 20.5. The molecule has 51 heavy (non-hydrogen) atoms. The Balaban J connectivity index is 1.27. The molecule has 0 fully saturated rings. The van der Waals surface area contributed by atoms with E-state index < -0.39 is 10.0 Å². The standard InChI is InChI=1S/C38H56N8O4S/c1-6-7-8-9-10-13-25-39-36-43-37(45-38(44-36)41-28-29-19-16-23-33(49-4)35(29)50-5)40-26-14-11-12-15-27-42-51(47,48)34-24-18-20-30-31(34)21-17-22-32(30)46(2)3/h16-24,42H,6-15,25-28H2,1-5H3,(H3,39,40,41,43,44,45). The second-order valence-corrected chi connectivity index (χ2v) is 14.5. The monoisotopic (exact) mass is 720 g/mol. The van der Waals surface area contributed by atoms with Gasteiger partial charge in [-0.15, -0.1) is 0 Å². The fraction of sp³-hybridized carbons (Fsp3) is 0.500. The first-order valence-corrected chi connectivity index (χ1v) is 19.6. The molecule has 3 aromatic carbocycles. The van der Waals surface area contributed by atoms with E-state index in [1.54, 1.807) is 26.4 Å². The molecular weight excluding hydrogens is 665 g/mol. The van der Waals surface area contributed by atoms with Crippen molar-refractivity contribution in [1.82, 2.24) is 19.7 Å². The Morgan fingerprint density at radius 3 is 1.84 bits per heavy atom. The second-order valence-electron chi connectivity index (χ2n) is 12.8. The van der Waals surface area contributed by atoms with Crippen molar-refractivity contribution in [3.8, 4) is 11.5 Å². The number of aromatic nitrogens is 3. The minimum Gasteiger partial charge on any atom is -0.493 e. The van der Waals surface area contributed by atoms with Gasteiger partial charge in [0.25, 0.3) is 0 Å². The quantitative estimate of drug-likeness (QED) is 0.0537. The van der Waals surface area contributed by atoms with Crippen LogP contribution in [0.1, 0.15) is 76.7 Å². The van der Waals surface area contributed by atoms with Crippen LogP contribution in [0, 0.1) is 0 Å². The first-order valence-electron chi connectivity index (χ1n) is 18.1. The molecule has 4 aromatic rings. The zero-order chi connectivity index (χ0) is 36.5. The first-order chi connectivity index (χ1) is 24.8. The molecule has 0 radical (unpaired) electrons. The van der Waals surface area contributed by atoms with E-state index in [1.807, 2.05) is 61.5 Å². The van der Waals surface area contributed by atoms with Gasteiger partial charge < -0.3 is 30.3 Å². The number of sulfonamides is 1. The minimum absolute atomic E-state index is 0.308. The van der Waals surface area contributed by atoms with Gasteiger partial charge in [-0.3, -0.25) is 0 Å². The zero-order valence-corrected chi connectivity index (χ0v) is 31.7. The Labute approximate surface area is 304 Å². The molecule has 1 heterocycles. The molecule has 0 aliphatic heterocycles. The molecule has 0 saturated heterocycles. The maximum atomic E-state index is 13.2. The van der Waals surface area contributed by atoms with Crippen LogP contribution in [0.5, 0.6) is 11.5 Å². The molecule has 0 saturated carbocycles. The summed E-state index contributed by atoms with van der Waals surface area (Å²) in [4.78, 5) is 16.2. The maximum Gasteiger partial charge on any atom is 0.241 e. The number of para-hydroxylation sites is 1. The van der Waals surface area contributed by atoms with E-state index in [4.69, 9.17) is 9.47 Å². The van der Waals surface area contributed by atoms with Crippen molar-refractivity contribution >= 4 is 44.3 Å². The van der Waals surface area contributed by atoms with E-state index in [1.165, 1.54) is 32.1 Å². The van der Waals surface area contributed by atoms with Crippen LogP contribution in [0.15, 0.2) is 59.5 Å². The molecule has 12 nitrogen and oxygen atoms in total. The van der Waals surface area contributed by atoms with Gasteiger partial charge in [-0.25, -0.2) is 13.1 Å². The lowest BCUT2D eigenvalue weighted by atomic mass is 10.1. The van der Waals surface area contributed by atoms with Crippen molar-refractivity contribution in [1.29, 1.82) is 0 Å². The van der Waals surface area contributed by atoms with Crippen LogP contribution in [0.3, 0.4) is 0 Å². The van der Waals surface area contributed by atoms with Gasteiger partial charge in [0.1, 0.15) is 0 Å². The van der Waals surface area contributed by atoms with Gasteiger partial charge in [-0.2, -0.15) is 15.0 Å². The lowest BCUT2D eigenvalue weighted by Crippen LogP contribution is -2.25. The number of nitrogens with zero attached hydrogens (tertiary/aromatic N) is 4. The van der Waals surface area contributed by atoms with Crippen LogP contribution >= 0.6 is 0 Å². The summed E-state index contributed by atoms with van der Waals surface area (Å²) >= 11 is 0. The van der Waals surface area contributed by atoms with Crippen LogP contribution in [-0.2, 0) is 16.6 Å². The molecule has 0 amide bonds. The van der Waals surface area contributed by atoms with Crippen molar-refractivity contribution in [2.24, 2.45) is 0 Å². The summed E-state index contributed by atoms with van der Waals surface area (Å²) in [6.45, 7) is 4.53. The number of unbranched alkanes of at least 4 members (excludes halogenated alkanes) is 8. The maximum absolute atomic E-state index is 13.2.